The summed E-state index contributed by atoms with van der Waals surface area (Å²) >= 11 is 0. The second kappa shape index (κ2) is 7.64. The number of carbonyl (C=O) groups is 3. The molecule has 4 N–H and O–H groups in total. The fourth-order valence-corrected chi connectivity index (χ4v) is 2.52. The van der Waals surface area contributed by atoms with Crippen LogP contribution in [0.3, 0.4) is 0 Å². The molecule has 1 aliphatic rings. The van der Waals surface area contributed by atoms with Crippen LogP contribution in [0.15, 0.2) is 24.3 Å². The lowest BCUT2D eigenvalue weighted by Crippen LogP contribution is -2.43. The Kier molecular flexibility index (Phi) is 5.59. The molecular weight excluding hydrogens is 318 g/mol. The summed E-state index contributed by atoms with van der Waals surface area (Å²) in [7, 11) is 1.53. The van der Waals surface area contributed by atoms with Gasteiger partial charge in [-0.2, -0.15) is 0 Å². The van der Waals surface area contributed by atoms with Gasteiger partial charge in [-0.3, -0.25) is 9.59 Å². The molecule has 9 heteroatoms. The van der Waals surface area contributed by atoms with E-state index in [2.05, 4.69) is 5.32 Å². The molecular formula is C15H19N3O6. The van der Waals surface area contributed by atoms with Crippen molar-refractivity contribution in [1.29, 1.82) is 0 Å². The van der Waals surface area contributed by atoms with Crippen LogP contribution in [0.1, 0.15) is 16.8 Å². The van der Waals surface area contributed by atoms with Crippen LogP contribution in [0.5, 0.6) is 5.75 Å². The van der Waals surface area contributed by atoms with E-state index in [-0.39, 0.29) is 25.4 Å². The smallest absolute Gasteiger partial charge is 0.497 e. The minimum Gasteiger partial charge on any atom is -0.497 e. The highest BCUT2D eigenvalue weighted by molar-refractivity contribution is 5.94. The van der Waals surface area contributed by atoms with Gasteiger partial charge in [0, 0.05) is 18.5 Å². The molecule has 0 spiro atoms. The summed E-state index contributed by atoms with van der Waals surface area (Å²) in [4.78, 5) is 36.0. The number of carbonyl (C=O) groups excluding carboxylic acids is 2. The van der Waals surface area contributed by atoms with E-state index in [1.165, 1.54) is 12.0 Å². The maximum atomic E-state index is 12.2. The van der Waals surface area contributed by atoms with Gasteiger partial charge in [0.2, 0.25) is 5.91 Å². The molecule has 24 heavy (non-hydrogen) atoms. The van der Waals surface area contributed by atoms with E-state index < -0.39 is 24.3 Å². The average molecular weight is 337 g/mol. The summed E-state index contributed by atoms with van der Waals surface area (Å²) < 4.78 is 9.72. The Morgan fingerprint density at radius 2 is 2.00 bits per heavy atom. The molecule has 1 fully saturated rings. The van der Waals surface area contributed by atoms with Gasteiger partial charge in [0.25, 0.3) is 5.91 Å². The Labute approximate surface area is 138 Å². The van der Waals surface area contributed by atoms with E-state index >= 15 is 0 Å². The monoisotopic (exact) mass is 337 g/mol. The number of benzene rings is 1. The molecule has 2 atom stereocenters. The molecule has 0 bridgehead atoms. The maximum Gasteiger partial charge on any atom is 0.507 e. The second-order valence-corrected chi connectivity index (χ2v) is 5.22. The Morgan fingerprint density at radius 3 is 2.54 bits per heavy atom. The molecule has 0 unspecified atom stereocenters. The van der Waals surface area contributed by atoms with Crippen LogP contribution >= 0.6 is 0 Å². The molecule has 1 heterocycles. The van der Waals surface area contributed by atoms with E-state index in [1.54, 1.807) is 24.3 Å². The van der Waals surface area contributed by atoms with Crippen LogP contribution in [0, 0.1) is 0 Å². The van der Waals surface area contributed by atoms with E-state index in [4.69, 9.17) is 20.3 Å². The molecule has 1 aromatic carbocycles. The Hall–Kier alpha value is -2.81. The largest absolute Gasteiger partial charge is 0.507 e. The minimum absolute atomic E-state index is 0.135. The number of methoxy groups -OCH3 is 1. The lowest BCUT2D eigenvalue weighted by molar-refractivity contribution is -0.137. The molecule has 0 saturated carbocycles. The molecule has 2 rings (SSSR count). The number of nitrogens with two attached hydrogens (primary N) is 1. The minimum atomic E-state index is -1.49. The summed E-state index contributed by atoms with van der Waals surface area (Å²) in [6, 6.07) is 6.10. The van der Waals surface area contributed by atoms with E-state index in [9.17, 15) is 14.4 Å². The summed E-state index contributed by atoms with van der Waals surface area (Å²) in [5.74, 6) is -0.150. The van der Waals surface area contributed by atoms with Crippen molar-refractivity contribution < 1.29 is 29.0 Å². The molecule has 2 amide bonds. The number of amides is 2. The first-order valence-electron chi connectivity index (χ1n) is 7.28. The van der Waals surface area contributed by atoms with Gasteiger partial charge in [0.05, 0.1) is 19.7 Å². The van der Waals surface area contributed by atoms with Crippen LogP contribution in [0.25, 0.3) is 0 Å². The first-order valence-corrected chi connectivity index (χ1v) is 7.28. The zero-order chi connectivity index (χ0) is 17.7. The van der Waals surface area contributed by atoms with Gasteiger partial charge in [0.15, 0.2) is 6.23 Å². The van der Waals surface area contributed by atoms with Crippen molar-refractivity contribution >= 4 is 18.0 Å². The highest BCUT2D eigenvalue weighted by Crippen LogP contribution is 2.20. The van der Waals surface area contributed by atoms with Gasteiger partial charge < -0.3 is 30.5 Å². The Morgan fingerprint density at radius 1 is 1.33 bits per heavy atom. The Bertz CT molecular complexity index is 618. The van der Waals surface area contributed by atoms with Crippen molar-refractivity contribution in [3.8, 4) is 5.75 Å². The predicted molar refractivity (Wildman–Crippen MR) is 82.5 cm³/mol. The van der Waals surface area contributed by atoms with Crippen molar-refractivity contribution in [3.05, 3.63) is 29.8 Å². The van der Waals surface area contributed by atoms with Crippen molar-refractivity contribution in [2.24, 2.45) is 5.73 Å². The van der Waals surface area contributed by atoms with Gasteiger partial charge in [-0.1, -0.05) is 0 Å². The summed E-state index contributed by atoms with van der Waals surface area (Å²) in [5, 5.41) is 11.5. The third-order valence-electron chi connectivity index (χ3n) is 3.67. The highest BCUT2D eigenvalue weighted by atomic mass is 16.7. The standard InChI is InChI=1S/C15H19N3O6/c1-23-11-4-2-9(3-5-11)14(20)17-10-6-13(24-15(21)22)18(8-10)12(19)7-16/h2-5,10,13H,6-8,16H2,1H3,(H,17,20)(H,21,22)/t10-,13-/m0/s1. The van der Waals surface area contributed by atoms with Crippen LogP contribution in [0.2, 0.25) is 0 Å². The fraction of sp³-hybridized carbons (Fsp3) is 0.400. The first-order chi connectivity index (χ1) is 11.4. The van der Waals surface area contributed by atoms with E-state index in [0.717, 1.165) is 0 Å². The number of nitrogens with one attached hydrogen (secondary N) is 1. The van der Waals surface area contributed by atoms with Crippen LogP contribution in [0.4, 0.5) is 4.79 Å². The third-order valence-corrected chi connectivity index (χ3v) is 3.67. The lowest BCUT2D eigenvalue weighted by Gasteiger charge is -2.22. The van der Waals surface area contributed by atoms with Gasteiger partial charge >= 0.3 is 6.16 Å². The van der Waals surface area contributed by atoms with Crippen LogP contribution in [-0.4, -0.2) is 60.4 Å². The molecule has 1 aromatic rings. The topological polar surface area (TPSA) is 131 Å². The molecule has 9 nitrogen and oxygen atoms in total. The van der Waals surface area contributed by atoms with Gasteiger partial charge in [-0.05, 0) is 24.3 Å². The fourth-order valence-electron chi connectivity index (χ4n) is 2.52. The summed E-state index contributed by atoms with van der Waals surface area (Å²) in [6.45, 7) is -0.130. The summed E-state index contributed by atoms with van der Waals surface area (Å²) in [6.07, 6.45) is -2.28. The number of rotatable bonds is 5. The number of ether oxygens (including phenoxy) is 2. The van der Waals surface area contributed by atoms with E-state index in [1.807, 2.05) is 0 Å². The zero-order valence-electron chi connectivity index (χ0n) is 13.1. The van der Waals surface area contributed by atoms with E-state index in [0.29, 0.717) is 11.3 Å². The molecule has 0 aromatic heterocycles. The Balaban J connectivity index is 2.02. The maximum absolute atomic E-state index is 12.2. The van der Waals surface area contributed by atoms with Crippen LogP contribution < -0.4 is 15.8 Å². The quantitative estimate of drug-likeness (QED) is 0.645. The predicted octanol–water partition coefficient (Wildman–Crippen LogP) is 0.00530. The average Bonchev–Trinajstić information content (AvgIpc) is 2.95. The van der Waals surface area contributed by atoms with Crippen molar-refractivity contribution in [2.45, 2.75) is 18.7 Å². The first kappa shape index (κ1) is 17.5. The number of nitrogens with zero attached hydrogens (tertiary/aromatic N) is 1. The van der Waals surface area contributed by atoms with Crippen LogP contribution in [-0.2, 0) is 9.53 Å². The highest BCUT2D eigenvalue weighted by Gasteiger charge is 2.38. The number of carboxylic acid groups (broad SMARTS) is 1. The number of likely N-dealkylation sites (tertiary alicyclic amines) is 1. The molecule has 130 valence electrons. The lowest BCUT2D eigenvalue weighted by atomic mass is 10.1. The molecule has 0 aliphatic carbocycles. The number of hydrogen-bond donors (Lipinski definition) is 3. The van der Waals surface area contributed by atoms with Gasteiger partial charge in [-0.15, -0.1) is 0 Å². The number of hydrogen-bond acceptors (Lipinski definition) is 6. The normalized spacial score (nSPS) is 19.7. The molecule has 0 radical (unpaired) electrons. The van der Waals surface area contributed by atoms with Crippen molar-refractivity contribution in [3.63, 3.8) is 0 Å². The van der Waals surface area contributed by atoms with Crippen molar-refractivity contribution in [1.82, 2.24) is 10.2 Å². The second-order valence-electron chi connectivity index (χ2n) is 5.22. The van der Waals surface area contributed by atoms with Crippen molar-refractivity contribution in [2.75, 3.05) is 20.2 Å². The molecule has 1 aliphatic heterocycles. The summed E-state index contributed by atoms with van der Waals surface area (Å²) in [5.41, 5.74) is 5.74. The van der Waals surface area contributed by atoms with Gasteiger partial charge in [-0.25, -0.2) is 4.79 Å². The zero-order valence-corrected chi connectivity index (χ0v) is 13.1. The third kappa shape index (κ3) is 4.13. The SMILES string of the molecule is COc1ccc(C(=O)N[C@H]2C[C@H](OC(=O)O)N(C(=O)CN)C2)cc1. The molecule has 1 saturated heterocycles. The van der Waals surface area contributed by atoms with Gasteiger partial charge in [0.1, 0.15) is 5.75 Å².